The molecule has 0 bridgehead atoms. The smallest absolute Gasteiger partial charge is 0.212 e. The quantitative estimate of drug-likeness (QED) is 0.596. The minimum atomic E-state index is -0.468. The molecule has 2 nitrogen and oxygen atoms in total. The topological polar surface area (TPSA) is 38.9 Å². The van der Waals surface area contributed by atoms with Crippen molar-refractivity contribution in [2.75, 3.05) is 0 Å². The molecular formula is C7H9FN2. The highest BCUT2D eigenvalue weighted by atomic mass is 19.1. The van der Waals surface area contributed by atoms with Crippen LogP contribution in [0.1, 0.15) is 18.5 Å². The zero-order valence-electron chi connectivity index (χ0n) is 5.71. The van der Waals surface area contributed by atoms with E-state index >= 15 is 0 Å². The van der Waals surface area contributed by atoms with Crippen LogP contribution in [0.5, 0.6) is 0 Å². The molecule has 0 amide bonds. The monoisotopic (exact) mass is 140 g/mol. The van der Waals surface area contributed by atoms with Gasteiger partial charge >= 0.3 is 0 Å². The van der Waals surface area contributed by atoms with Gasteiger partial charge in [-0.05, 0) is 18.6 Å². The summed E-state index contributed by atoms with van der Waals surface area (Å²) in [6.45, 7) is 1.83. The Hall–Kier alpha value is -0.960. The van der Waals surface area contributed by atoms with Crippen LogP contribution >= 0.6 is 0 Å². The van der Waals surface area contributed by atoms with E-state index in [1.807, 2.05) is 6.92 Å². The fourth-order valence-electron chi connectivity index (χ4n) is 0.657. The average molecular weight is 140 g/mol. The molecule has 0 aromatic carbocycles. The summed E-state index contributed by atoms with van der Waals surface area (Å²) in [6, 6.07) is 2.86. The third-order valence-corrected chi connectivity index (χ3v) is 1.28. The molecule has 0 radical (unpaired) electrons. The van der Waals surface area contributed by atoms with Crippen molar-refractivity contribution in [3.05, 3.63) is 29.8 Å². The Balaban J connectivity index is 2.89. The zero-order chi connectivity index (χ0) is 7.56. The largest absolute Gasteiger partial charge is 0.324 e. The van der Waals surface area contributed by atoms with Crippen LogP contribution in [0.4, 0.5) is 4.39 Å². The second kappa shape index (κ2) is 2.75. The average Bonchev–Trinajstić information content (AvgIpc) is 1.88. The van der Waals surface area contributed by atoms with Crippen LogP contribution in [0.25, 0.3) is 0 Å². The maximum Gasteiger partial charge on any atom is 0.212 e. The van der Waals surface area contributed by atoms with Crippen molar-refractivity contribution in [3.63, 3.8) is 0 Å². The van der Waals surface area contributed by atoms with Crippen molar-refractivity contribution in [2.24, 2.45) is 5.73 Å². The summed E-state index contributed by atoms with van der Waals surface area (Å²) in [5.74, 6) is -0.468. The Morgan fingerprint density at radius 2 is 2.30 bits per heavy atom. The van der Waals surface area contributed by atoms with Crippen LogP contribution in [0.3, 0.4) is 0 Å². The van der Waals surface area contributed by atoms with E-state index in [-0.39, 0.29) is 6.04 Å². The molecule has 54 valence electrons. The lowest BCUT2D eigenvalue weighted by atomic mass is 10.2. The second-order valence-corrected chi connectivity index (χ2v) is 2.20. The van der Waals surface area contributed by atoms with Gasteiger partial charge in [0.25, 0.3) is 0 Å². The fourth-order valence-corrected chi connectivity index (χ4v) is 0.657. The van der Waals surface area contributed by atoms with Gasteiger partial charge in [0.1, 0.15) is 0 Å². The number of pyridine rings is 1. The van der Waals surface area contributed by atoms with E-state index in [2.05, 4.69) is 4.98 Å². The van der Waals surface area contributed by atoms with Crippen LogP contribution in [-0.4, -0.2) is 4.98 Å². The highest BCUT2D eigenvalue weighted by Crippen LogP contribution is 2.06. The van der Waals surface area contributed by atoms with Crippen LogP contribution in [0, 0.1) is 5.95 Å². The van der Waals surface area contributed by atoms with Gasteiger partial charge in [0.05, 0.1) is 0 Å². The summed E-state index contributed by atoms with van der Waals surface area (Å²) in [5.41, 5.74) is 6.35. The van der Waals surface area contributed by atoms with Crippen molar-refractivity contribution in [2.45, 2.75) is 13.0 Å². The van der Waals surface area contributed by atoms with Crippen molar-refractivity contribution in [1.82, 2.24) is 4.98 Å². The van der Waals surface area contributed by atoms with E-state index in [1.165, 1.54) is 12.3 Å². The summed E-state index contributed by atoms with van der Waals surface area (Å²) in [7, 11) is 0. The molecule has 1 heterocycles. The lowest BCUT2D eigenvalue weighted by Gasteiger charge is -2.02. The fraction of sp³-hybridized carbons (Fsp3) is 0.286. The summed E-state index contributed by atoms with van der Waals surface area (Å²) in [5, 5.41) is 0. The molecule has 0 aliphatic rings. The molecule has 1 atom stereocenters. The van der Waals surface area contributed by atoms with E-state index in [9.17, 15) is 4.39 Å². The van der Waals surface area contributed by atoms with Crippen molar-refractivity contribution >= 4 is 0 Å². The third-order valence-electron chi connectivity index (χ3n) is 1.28. The third kappa shape index (κ3) is 1.51. The second-order valence-electron chi connectivity index (χ2n) is 2.20. The molecule has 2 N–H and O–H groups in total. The molecule has 0 saturated heterocycles. The Morgan fingerprint density at radius 3 is 2.70 bits per heavy atom. The normalized spacial score (nSPS) is 13.1. The highest BCUT2D eigenvalue weighted by Gasteiger charge is 1.98. The molecule has 0 unspecified atom stereocenters. The Labute approximate surface area is 58.9 Å². The number of aromatic nitrogens is 1. The van der Waals surface area contributed by atoms with Gasteiger partial charge in [0, 0.05) is 12.2 Å². The van der Waals surface area contributed by atoms with Crippen LogP contribution in [-0.2, 0) is 0 Å². The van der Waals surface area contributed by atoms with Crippen LogP contribution in [0.2, 0.25) is 0 Å². The predicted octanol–water partition coefficient (Wildman–Crippen LogP) is 1.24. The van der Waals surface area contributed by atoms with Gasteiger partial charge in [-0.1, -0.05) is 6.07 Å². The molecule has 0 fully saturated rings. The van der Waals surface area contributed by atoms with E-state index < -0.39 is 5.95 Å². The summed E-state index contributed by atoms with van der Waals surface area (Å²) in [4.78, 5) is 3.45. The Kier molecular flexibility index (Phi) is 1.97. The zero-order valence-corrected chi connectivity index (χ0v) is 5.71. The molecule has 10 heavy (non-hydrogen) atoms. The lowest BCUT2D eigenvalue weighted by Crippen LogP contribution is -2.05. The molecule has 3 heteroatoms. The first-order chi connectivity index (χ1) is 4.70. The maximum absolute atomic E-state index is 12.2. The molecule has 1 rings (SSSR count). The number of hydrogen-bond acceptors (Lipinski definition) is 2. The van der Waals surface area contributed by atoms with Crippen molar-refractivity contribution < 1.29 is 4.39 Å². The highest BCUT2D eigenvalue weighted by molar-refractivity contribution is 5.12. The molecule has 0 saturated carbocycles. The van der Waals surface area contributed by atoms with Gasteiger partial charge in [0.15, 0.2) is 0 Å². The number of nitrogens with two attached hydrogens (primary N) is 1. The molecule has 0 spiro atoms. The lowest BCUT2D eigenvalue weighted by molar-refractivity contribution is 0.580. The summed E-state index contributed by atoms with van der Waals surface area (Å²) >= 11 is 0. The number of halogens is 1. The van der Waals surface area contributed by atoms with Crippen LogP contribution in [0.15, 0.2) is 18.3 Å². The number of nitrogens with zero attached hydrogens (tertiary/aromatic N) is 1. The van der Waals surface area contributed by atoms with Gasteiger partial charge in [0.2, 0.25) is 5.95 Å². The summed E-state index contributed by atoms with van der Waals surface area (Å²) in [6.07, 6.45) is 1.44. The summed E-state index contributed by atoms with van der Waals surface area (Å²) < 4.78 is 12.2. The van der Waals surface area contributed by atoms with Gasteiger partial charge in [-0.15, -0.1) is 0 Å². The minimum Gasteiger partial charge on any atom is -0.324 e. The standard InChI is InChI=1S/C7H9FN2/c1-5(9)6-2-3-7(8)10-4-6/h2-5H,9H2,1H3/t5-/m0/s1. The maximum atomic E-state index is 12.2. The van der Waals surface area contributed by atoms with Gasteiger partial charge in [-0.3, -0.25) is 0 Å². The van der Waals surface area contributed by atoms with E-state index in [4.69, 9.17) is 5.73 Å². The van der Waals surface area contributed by atoms with Crippen molar-refractivity contribution in [3.8, 4) is 0 Å². The first-order valence-corrected chi connectivity index (χ1v) is 3.07. The Morgan fingerprint density at radius 1 is 1.60 bits per heavy atom. The number of rotatable bonds is 1. The predicted molar refractivity (Wildman–Crippen MR) is 36.8 cm³/mol. The van der Waals surface area contributed by atoms with E-state index in [1.54, 1.807) is 6.07 Å². The van der Waals surface area contributed by atoms with Gasteiger partial charge in [-0.2, -0.15) is 4.39 Å². The SMILES string of the molecule is C[C@H](N)c1ccc(F)nc1. The first kappa shape index (κ1) is 7.15. The molecule has 1 aromatic rings. The molecular weight excluding hydrogens is 131 g/mol. The van der Waals surface area contributed by atoms with E-state index in [0.717, 1.165) is 5.56 Å². The minimum absolute atomic E-state index is 0.0758. The molecule has 0 aliphatic carbocycles. The van der Waals surface area contributed by atoms with Crippen molar-refractivity contribution in [1.29, 1.82) is 0 Å². The Bertz CT molecular complexity index is 205. The first-order valence-electron chi connectivity index (χ1n) is 3.07. The molecule has 0 aliphatic heterocycles. The number of hydrogen-bond donors (Lipinski definition) is 1. The van der Waals surface area contributed by atoms with Crippen LogP contribution < -0.4 is 5.73 Å². The van der Waals surface area contributed by atoms with Gasteiger partial charge in [-0.25, -0.2) is 4.98 Å². The molecule has 1 aromatic heterocycles. The van der Waals surface area contributed by atoms with Gasteiger partial charge < -0.3 is 5.73 Å². The van der Waals surface area contributed by atoms with E-state index in [0.29, 0.717) is 0 Å².